The van der Waals surface area contributed by atoms with Crippen molar-refractivity contribution in [2.45, 2.75) is 19.4 Å². The van der Waals surface area contributed by atoms with Gasteiger partial charge in [0, 0.05) is 13.0 Å². The van der Waals surface area contributed by atoms with Crippen molar-refractivity contribution in [3.63, 3.8) is 0 Å². The Hall–Kier alpha value is -2.18. The number of nitrogen functional groups attached to an aromatic ring is 1. The van der Waals surface area contributed by atoms with E-state index in [1.165, 1.54) is 10.6 Å². The third kappa shape index (κ3) is 2.11. The van der Waals surface area contributed by atoms with Crippen molar-refractivity contribution in [2.75, 3.05) is 5.73 Å². The number of halogens is 2. The maximum atomic E-state index is 13.7. The minimum atomic E-state index is -0.990. The third-order valence-corrected chi connectivity index (χ3v) is 2.63. The number of carbonyl (C=O) groups is 1. The number of benzene rings is 1. The molecule has 0 bridgehead atoms. The SMILES string of the molecule is NC(=O)CCCn1c(N)nc2ccc(F)c(F)c21. The molecule has 0 fully saturated rings. The van der Waals surface area contributed by atoms with Crippen LogP contribution in [0.2, 0.25) is 0 Å². The van der Waals surface area contributed by atoms with Crippen LogP contribution in [-0.2, 0) is 11.3 Å². The number of amides is 1. The van der Waals surface area contributed by atoms with E-state index in [-0.39, 0.29) is 29.9 Å². The van der Waals surface area contributed by atoms with Gasteiger partial charge in [0.15, 0.2) is 11.6 Å². The Morgan fingerprint density at radius 2 is 2.11 bits per heavy atom. The molecule has 0 saturated heterocycles. The lowest BCUT2D eigenvalue weighted by Crippen LogP contribution is -2.12. The van der Waals surface area contributed by atoms with Gasteiger partial charge in [-0.25, -0.2) is 13.8 Å². The number of imidazole rings is 1. The number of anilines is 1. The van der Waals surface area contributed by atoms with E-state index in [0.717, 1.165) is 6.07 Å². The second-order valence-electron chi connectivity index (χ2n) is 3.92. The highest BCUT2D eigenvalue weighted by Crippen LogP contribution is 2.23. The Kier molecular flexibility index (Phi) is 3.14. The number of hydrogen-bond donors (Lipinski definition) is 2. The molecule has 5 nitrogen and oxygen atoms in total. The molecule has 7 heteroatoms. The molecule has 1 heterocycles. The van der Waals surface area contributed by atoms with Crippen LogP contribution < -0.4 is 11.5 Å². The first-order valence-electron chi connectivity index (χ1n) is 5.38. The zero-order valence-corrected chi connectivity index (χ0v) is 9.49. The molecule has 18 heavy (non-hydrogen) atoms. The van der Waals surface area contributed by atoms with Gasteiger partial charge < -0.3 is 16.0 Å². The standard InChI is InChI=1S/C11H12F2N4O/c12-6-3-4-7-10(9(6)13)17(11(15)16-7)5-1-2-8(14)18/h3-4H,1-2,5H2,(H2,14,18)(H2,15,16). The van der Waals surface area contributed by atoms with Crippen LogP contribution in [0.5, 0.6) is 0 Å². The number of fused-ring (bicyclic) bond motifs is 1. The smallest absolute Gasteiger partial charge is 0.217 e. The Morgan fingerprint density at radius 3 is 2.78 bits per heavy atom. The zero-order valence-electron chi connectivity index (χ0n) is 9.49. The minimum Gasteiger partial charge on any atom is -0.370 e. The second-order valence-corrected chi connectivity index (χ2v) is 3.92. The summed E-state index contributed by atoms with van der Waals surface area (Å²) >= 11 is 0. The molecule has 0 saturated carbocycles. The molecule has 0 aliphatic rings. The van der Waals surface area contributed by atoms with E-state index in [4.69, 9.17) is 11.5 Å². The van der Waals surface area contributed by atoms with Gasteiger partial charge in [-0.2, -0.15) is 0 Å². The molecule has 1 aromatic heterocycles. The summed E-state index contributed by atoms with van der Waals surface area (Å²) in [5, 5.41) is 0. The number of carbonyl (C=O) groups excluding carboxylic acids is 1. The highest BCUT2D eigenvalue weighted by Gasteiger charge is 2.15. The Bertz CT molecular complexity index is 609. The van der Waals surface area contributed by atoms with Gasteiger partial charge in [0.2, 0.25) is 11.9 Å². The molecule has 96 valence electrons. The summed E-state index contributed by atoms with van der Waals surface area (Å²) in [6.07, 6.45) is 0.539. The van der Waals surface area contributed by atoms with E-state index in [0.29, 0.717) is 6.42 Å². The first-order valence-corrected chi connectivity index (χ1v) is 5.38. The summed E-state index contributed by atoms with van der Waals surface area (Å²) in [6.45, 7) is 0.256. The number of aromatic nitrogens is 2. The second kappa shape index (κ2) is 4.59. The highest BCUT2D eigenvalue weighted by molar-refractivity contribution is 5.79. The van der Waals surface area contributed by atoms with Gasteiger partial charge >= 0.3 is 0 Å². The number of aryl methyl sites for hydroxylation is 1. The lowest BCUT2D eigenvalue weighted by atomic mass is 10.2. The van der Waals surface area contributed by atoms with Crippen molar-refractivity contribution in [1.82, 2.24) is 9.55 Å². The number of nitrogens with two attached hydrogens (primary N) is 2. The molecule has 0 aliphatic heterocycles. The quantitative estimate of drug-likeness (QED) is 0.858. The average molecular weight is 254 g/mol. The van der Waals surface area contributed by atoms with E-state index in [1.54, 1.807) is 0 Å². The summed E-state index contributed by atoms with van der Waals surface area (Å²) in [5.41, 5.74) is 10.9. The van der Waals surface area contributed by atoms with Crippen LogP contribution in [0.3, 0.4) is 0 Å². The zero-order chi connectivity index (χ0) is 13.3. The Morgan fingerprint density at radius 1 is 1.39 bits per heavy atom. The molecule has 2 aromatic rings. The van der Waals surface area contributed by atoms with Gasteiger partial charge in [-0.3, -0.25) is 4.79 Å². The van der Waals surface area contributed by atoms with Crippen molar-refractivity contribution >= 4 is 22.9 Å². The van der Waals surface area contributed by atoms with Gasteiger partial charge in [-0.1, -0.05) is 0 Å². The van der Waals surface area contributed by atoms with E-state index >= 15 is 0 Å². The molecule has 1 aromatic carbocycles. The summed E-state index contributed by atoms with van der Waals surface area (Å²) in [6, 6.07) is 2.35. The van der Waals surface area contributed by atoms with Gasteiger partial charge in [0.1, 0.15) is 5.52 Å². The molecule has 0 atom stereocenters. The van der Waals surface area contributed by atoms with E-state index in [1.807, 2.05) is 0 Å². The fraction of sp³-hybridized carbons (Fsp3) is 0.273. The van der Waals surface area contributed by atoms with Crippen LogP contribution >= 0.6 is 0 Å². The minimum absolute atomic E-state index is 0.0111. The normalized spacial score (nSPS) is 11.0. The van der Waals surface area contributed by atoms with Gasteiger partial charge in [0.25, 0.3) is 0 Å². The van der Waals surface area contributed by atoms with Crippen LogP contribution in [0.1, 0.15) is 12.8 Å². The summed E-state index contributed by atoms with van der Waals surface area (Å²) in [5.74, 6) is -2.32. The fourth-order valence-corrected chi connectivity index (χ4v) is 1.81. The van der Waals surface area contributed by atoms with E-state index in [2.05, 4.69) is 4.98 Å². The molecule has 2 rings (SSSR count). The van der Waals surface area contributed by atoms with Gasteiger partial charge in [-0.15, -0.1) is 0 Å². The summed E-state index contributed by atoms with van der Waals surface area (Å²) in [4.78, 5) is 14.6. The van der Waals surface area contributed by atoms with Crippen LogP contribution in [0.15, 0.2) is 12.1 Å². The Balaban J connectivity index is 2.39. The Labute approximate surface area is 101 Å². The first kappa shape index (κ1) is 12.3. The predicted molar refractivity (Wildman–Crippen MR) is 62.5 cm³/mol. The van der Waals surface area contributed by atoms with Gasteiger partial charge in [0.05, 0.1) is 5.52 Å². The van der Waals surface area contributed by atoms with Crippen LogP contribution in [0.4, 0.5) is 14.7 Å². The highest BCUT2D eigenvalue weighted by atomic mass is 19.2. The number of rotatable bonds is 4. The molecule has 1 amide bonds. The fourth-order valence-electron chi connectivity index (χ4n) is 1.81. The average Bonchev–Trinajstić information content (AvgIpc) is 2.61. The van der Waals surface area contributed by atoms with Crippen LogP contribution in [0, 0.1) is 11.6 Å². The topological polar surface area (TPSA) is 86.9 Å². The van der Waals surface area contributed by atoms with Crippen molar-refractivity contribution < 1.29 is 13.6 Å². The number of hydrogen-bond acceptors (Lipinski definition) is 3. The molecular formula is C11H12F2N4O. The molecule has 4 N–H and O–H groups in total. The molecule has 0 aliphatic carbocycles. The van der Waals surface area contributed by atoms with Crippen LogP contribution in [-0.4, -0.2) is 15.5 Å². The monoisotopic (exact) mass is 254 g/mol. The van der Waals surface area contributed by atoms with Crippen molar-refractivity contribution in [2.24, 2.45) is 5.73 Å². The number of nitrogens with zero attached hydrogens (tertiary/aromatic N) is 2. The number of primary amides is 1. The van der Waals surface area contributed by atoms with E-state index < -0.39 is 17.5 Å². The van der Waals surface area contributed by atoms with Crippen molar-refractivity contribution in [3.8, 4) is 0 Å². The van der Waals surface area contributed by atoms with Crippen molar-refractivity contribution in [1.29, 1.82) is 0 Å². The molecule has 0 radical (unpaired) electrons. The summed E-state index contributed by atoms with van der Waals surface area (Å²) in [7, 11) is 0. The largest absolute Gasteiger partial charge is 0.370 e. The van der Waals surface area contributed by atoms with Crippen LogP contribution in [0.25, 0.3) is 11.0 Å². The molecular weight excluding hydrogens is 242 g/mol. The maximum Gasteiger partial charge on any atom is 0.217 e. The molecule has 0 spiro atoms. The van der Waals surface area contributed by atoms with E-state index in [9.17, 15) is 13.6 Å². The third-order valence-electron chi connectivity index (χ3n) is 2.63. The lowest BCUT2D eigenvalue weighted by molar-refractivity contribution is -0.118. The first-order chi connectivity index (χ1) is 8.50. The maximum absolute atomic E-state index is 13.7. The van der Waals surface area contributed by atoms with Gasteiger partial charge in [-0.05, 0) is 18.6 Å². The molecule has 0 unspecified atom stereocenters. The van der Waals surface area contributed by atoms with Crippen molar-refractivity contribution in [3.05, 3.63) is 23.8 Å². The lowest BCUT2D eigenvalue weighted by Gasteiger charge is -2.06. The summed E-state index contributed by atoms with van der Waals surface area (Å²) < 4.78 is 28.2. The predicted octanol–water partition coefficient (Wildman–Crippen LogP) is 1.16.